The number of hydrogen-bond acceptors (Lipinski definition) is 3. The van der Waals surface area contributed by atoms with Crippen LogP contribution in [-0.4, -0.2) is 78.8 Å². The summed E-state index contributed by atoms with van der Waals surface area (Å²) >= 11 is 0. The van der Waals surface area contributed by atoms with Crippen molar-refractivity contribution in [2.75, 3.05) is 0 Å². The summed E-state index contributed by atoms with van der Waals surface area (Å²) in [6, 6.07) is 0. The molecular formula is C4H8O5Sr. The third kappa shape index (κ3) is 6.50. The van der Waals surface area contributed by atoms with Crippen molar-refractivity contribution in [2.24, 2.45) is 0 Å². The van der Waals surface area contributed by atoms with Gasteiger partial charge < -0.3 is 15.3 Å². The average Bonchev–Trinajstić information content (AvgIpc) is 1.63. The Morgan fingerprint density at radius 3 is 1.80 bits per heavy atom. The predicted octanol–water partition coefficient (Wildman–Crippen LogP) is -2.01. The van der Waals surface area contributed by atoms with Crippen molar-refractivity contribution < 1.29 is 24.9 Å². The number of carboxylic acid groups (broad SMARTS) is 2. The maximum absolute atomic E-state index is 9.72. The van der Waals surface area contributed by atoms with Crippen molar-refractivity contribution in [3.05, 3.63) is 0 Å². The van der Waals surface area contributed by atoms with Crippen LogP contribution in [0, 0.1) is 0 Å². The molecule has 0 saturated carbocycles. The molecule has 1 unspecified atom stereocenters. The van der Waals surface area contributed by atoms with Gasteiger partial charge >= 0.3 is 57.4 Å². The van der Waals surface area contributed by atoms with Crippen molar-refractivity contribution in [1.82, 2.24) is 0 Å². The van der Waals surface area contributed by atoms with E-state index in [9.17, 15) is 9.59 Å². The molecule has 3 N–H and O–H groups in total. The zero-order chi connectivity index (χ0) is 7.44. The van der Waals surface area contributed by atoms with Crippen LogP contribution in [0.15, 0.2) is 0 Å². The maximum atomic E-state index is 9.72. The van der Waals surface area contributed by atoms with Crippen LogP contribution in [0.2, 0.25) is 0 Å². The molecule has 0 spiro atoms. The molecule has 0 saturated heterocycles. The van der Waals surface area contributed by atoms with Gasteiger partial charge in [-0.1, -0.05) is 0 Å². The molecule has 0 fully saturated rings. The summed E-state index contributed by atoms with van der Waals surface area (Å²) in [5.74, 6) is -2.85. The normalized spacial score (nSPS) is 11.3. The second-order valence-electron chi connectivity index (χ2n) is 1.45. The number of carbonyl (C=O) groups is 2. The molecule has 0 aromatic heterocycles. The number of rotatable bonds is 3. The minimum atomic E-state index is -1.79. The standard InChI is InChI=1S/C4H6O5.Sr.2H/c5-2(4(8)9)1-3(6)7;;;/h2,5H,1H2,(H,6,7)(H,8,9);;;. The third-order valence-corrected chi connectivity index (χ3v) is 0.653. The van der Waals surface area contributed by atoms with Gasteiger partial charge in [0.15, 0.2) is 6.10 Å². The Kier molecular flexibility index (Phi) is 7.95. The second-order valence-corrected chi connectivity index (χ2v) is 1.45. The molecule has 1 atom stereocenters. The van der Waals surface area contributed by atoms with Crippen LogP contribution >= 0.6 is 0 Å². The van der Waals surface area contributed by atoms with Crippen molar-refractivity contribution in [1.29, 1.82) is 0 Å². The Labute approximate surface area is 93.9 Å². The first kappa shape index (κ1) is 13.0. The molecule has 6 heteroatoms. The molecule has 0 aromatic carbocycles. The Morgan fingerprint density at radius 2 is 1.70 bits per heavy atom. The summed E-state index contributed by atoms with van der Waals surface area (Å²) in [6.07, 6.45) is -2.54. The van der Waals surface area contributed by atoms with Gasteiger partial charge in [-0.3, -0.25) is 4.79 Å². The summed E-state index contributed by atoms with van der Waals surface area (Å²) in [7, 11) is 0. The van der Waals surface area contributed by atoms with E-state index < -0.39 is 24.5 Å². The Bertz CT molecular complexity index is 134. The SMILES string of the molecule is O=C(O)CC(O)C(=O)O.[SrH2]. The number of hydrogen-bond donors (Lipinski definition) is 3. The van der Waals surface area contributed by atoms with E-state index in [0.29, 0.717) is 0 Å². The molecule has 0 bridgehead atoms. The number of aliphatic hydroxyl groups excluding tert-OH is 1. The van der Waals surface area contributed by atoms with Crippen LogP contribution in [0.25, 0.3) is 0 Å². The van der Waals surface area contributed by atoms with Crippen molar-refractivity contribution in [3.8, 4) is 0 Å². The molecule has 56 valence electrons. The van der Waals surface area contributed by atoms with Gasteiger partial charge in [0.05, 0.1) is 6.42 Å². The Morgan fingerprint density at radius 1 is 1.30 bits per heavy atom. The van der Waals surface area contributed by atoms with Crippen LogP contribution in [-0.2, 0) is 9.59 Å². The molecule has 5 nitrogen and oxygen atoms in total. The quantitative estimate of drug-likeness (QED) is 0.481. The fourth-order valence-electron chi connectivity index (χ4n) is 0.253. The van der Waals surface area contributed by atoms with Gasteiger partial charge in [0.1, 0.15) is 0 Å². The van der Waals surface area contributed by atoms with Gasteiger partial charge in [0, 0.05) is 0 Å². The van der Waals surface area contributed by atoms with Crippen LogP contribution in [0.3, 0.4) is 0 Å². The van der Waals surface area contributed by atoms with Gasteiger partial charge in [0.2, 0.25) is 0 Å². The van der Waals surface area contributed by atoms with E-state index in [-0.39, 0.29) is 45.5 Å². The number of carboxylic acids is 2. The molecule has 0 amide bonds. The third-order valence-electron chi connectivity index (χ3n) is 0.653. The van der Waals surface area contributed by atoms with Gasteiger partial charge in [-0.25, -0.2) is 4.79 Å². The minimum absolute atomic E-state index is 0. The van der Waals surface area contributed by atoms with E-state index in [4.69, 9.17) is 15.3 Å². The first-order valence-corrected chi connectivity index (χ1v) is 2.16. The van der Waals surface area contributed by atoms with E-state index >= 15 is 0 Å². The zero-order valence-electron chi connectivity index (χ0n) is 4.44. The topological polar surface area (TPSA) is 94.8 Å². The van der Waals surface area contributed by atoms with Crippen LogP contribution in [0.1, 0.15) is 6.42 Å². The molecular weight excluding hydrogens is 216 g/mol. The van der Waals surface area contributed by atoms with Crippen molar-refractivity contribution in [3.63, 3.8) is 0 Å². The monoisotopic (exact) mass is 224 g/mol. The summed E-state index contributed by atoms with van der Waals surface area (Å²) in [5, 5.41) is 24.1. The number of aliphatic carboxylic acids is 2. The first-order chi connectivity index (χ1) is 4.04. The van der Waals surface area contributed by atoms with E-state index in [2.05, 4.69) is 0 Å². The molecule has 0 heterocycles. The summed E-state index contributed by atoms with van der Waals surface area (Å²) in [4.78, 5) is 19.4. The molecule has 0 rings (SSSR count). The second kappa shape index (κ2) is 6.11. The number of aliphatic hydroxyl groups is 1. The van der Waals surface area contributed by atoms with E-state index in [1.807, 2.05) is 0 Å². The van der Waals surface area contributed by atoms with Gasteiger partial charge in [-0.2, -0.15) is 0 Å². The summed E-state index contributed by atoms with van der Waals surface area (Å²) in [6.45, 7) is 0. The van der Waals surface area contributed by atoms with E-state index in [1.54, 1.807) is 0 Å². The summed E-state index contributed by atoms with van der Waals surface area (Å²) in [5.41, 5.74) is 0. The fraction of sp³-hybridized carbons (Fsp3) is 0.500. The summed E-state index contributed by atoms with van der Waals surface area (Å²) < 4.78 is 0. The van der Waals surface area contributed by atoms with Crippen LogP contribution in [0.4, 0.5) is 0 Å². The predicted molar refractivity (Wildman–Crippen MR) is 34.4 cm³/mol. The average molecular weight is 224 g/mol. The van der Waals surface area contributed by atoms with Crippen LogP contribution < -0.4 is 0 Å². The van der Waals surface area contributed by atoms with Crippen molar-refractivity contribution in [2.45, 2.75) is 12.5 Å². The van der Waals surface area contributed by atoms with Crippen molar-refractivity contribution >= 4 is 57.4 Å². The molecule has 0 aromatic rings. The fourth-order valence-corrected chi connectivity index (χ4v) is 0.253. The zero-order valence-corrected chi connectivity index (χ0v) is 4.44. The first-order valence-electron chi connectivity index (χ1n) is 2.16. The molecule has 0 radical (unpaired) electrons. The van der Waals surface area contributed by atoms with Gasteiger partial charge in [-0.15, -0.1) is 0 Å². The molecule has 0 aliphatic rings. The van der Waals surface area contributed by atoms with Gasteiger partial charge in [-0.05, 0) is 0 Å². The Balaban J connectivity index is 0. The Hall–Kier alpha value is 0.381. The molecule has 10 heavy (non-hydrogen) atoms. The van der Waals surface area contributed by atoms with E-state index in [0.717, 1.165) is 0 Å². The molecule has 0 aliphatic carbocycles. The molecule has 0 aliphatic heterocycles. The van der Waals surface area contributed by atoms with E-state index in [1.165, 1.54) is 0 Å². The van der Waals surface area contributed by atoms with Gasteiger partial charge in [0.25, 0.3) is 0 Å². The van der Waals surface area contributed by atoms with Crippen LogP contribution in [0.5, 0.6) is 0 Å².